The minimum absolute atomic E-state index is 0.147. The third-order valence-electron chi connectivity index (χ3n) is 5.44. The Morgan fingerprint density at radius 3 is 3.03 bits per heavy atom. The maximum Gasteiger partial charge on any atom is 0.202 e. The van der Waals surface area contributed by atoms with E-state index in [-0.39, 0.29) is 22.6 Å². The fourth-order valence-corrected chi connectivity index (χ4v) is 3.83. The van der Waals surface area contributed by atoms with Crippen molar-refractivity contribution in [1.29, 1.82) is 5.41 Å². The highest BCUT2D eigenvalue weighted by Gasteiger charge is 2.23. The van der Waals surface area contributed by atoms with Crippen molar-refractivity contribution in [3.8, 4) is 0 Å². The second kappa shape index (κ2) is 9.37. The van der Waals surface area contributed by atoms with Crippen LogP contribution in [-0.2, 0) is 4.74 Å². The SMILES string of the molecule is CC1CN(CCNc2nc3nccc(C(=N)N(O)c4ccc(F)c(Cl)c4)c3[nH]2)C(C)CO1. The fraction of sp³-hybridized carbons (Fsp3) is 0.381. The van der Waals surface area contributed by atoms with Crippen LogP contribution in [0.15, 0.2) is 30.5 Å². The van der Waals surface area contributed by atoms with Crippen molar-refractivity contribution < 1.29 is 14.3 Å². The summed E-state index contributed by atoms with van der Waals surface area (Å²) in [5, 5.41) is 22.7. The topological polar surface area (TPSA) is 113 Å². The van der Waals surface area contributed by atoms with Gasteiger partial charge in [0.15, 0.2) is 11.5 Å². The summed E-state index contributed by atoms with van der Waals surface area (Å²) in [6.07, 6.45) is 1.73. The molecule has 0 bridgehead atoms. The fourth-order valence-electron chi connectivity index (χ4n) is 3.65. The molecule has 2 unspecified atom stereocenters. The number of benzene rings is 1. The van der Waals surface area contributed by atoms with E-state index in [9.17, 15) is 9.60 Å². The summed E-state index contributed by atoms with van der Waals surface area (Å²) in [6.45, 7) is 7.31. The number of amidine groups is 1. The van der Waals surface area contributed by atoms with Crippen LogP contribution < -0.4 is 10.4 Å². The summed E-state index contributed by atoms with van der Waals surface area (Å²) in [5.74, 6) is -0.311. The number of aromatic nitrogens is 3. The van der Waals surface area contributed by atoms with Crippen molar-refractivity contribution in [2.45, 2.75) is 26.0 Å². The second-order valence-corrected chi connectivity index (χ2v) is 8.22. The molecule has 11 heteroatoms. The number of anilines is 2. The van der Waals surface area contributed by atoms with Crippen molar-refractivity contribution in [1.82, 2.24) is 19.9 Å². The van der Waals surface area contributed by atoms with Gasteiger partial charge in [0, 0.05) is 37.4 Å². The summed E-state index contributed by atoms with van der Waals surface area (Å²) < 4.78 is 19.1. The van der Waals surface area contributed by atoms with E-state index in [2.05, 4.69) is 39.0 Å². The number of hydroxylamine groups is 1. The van der Waals surface area contributed by atoms with Crippen molar-refractivity contribution in [3.05, 3.63) is 46.9 Å². The molecule has 2 aromatic heterocycles. The zero-order chi connectivity index (χ0) is 22.8. The first kappa shape index (κ1) is 22.4. The number of nitrogens with one attached hydrogen (secondary N) is 3. The van der Waals surface area contributed by atoms with Crippen molar-refractivity contribution in [2.24, 2.45) is 0 Å². The van der Waals surface area contributed by atoms with Gasteiger partial charge in [-0.25, -0.2) is 14.4 Å². The van der Waals surface area contributed by atoms with E-state index < -0.39 is 5.82 Å². The highest BCUT2D eigenvalue weighted by Crippen LogP contribution is 2.25. The number of H-pyrrole nitrogens is 1. The van der Waals surface area contributed by atoms with E-state index in [1.54, 1.807) is 6.07 Å². The van der Waals surface area contributed by atoms with Gasteiger partial charge in [0.25, 0.3) is 0 Å². The van der Waals surface area contributed by atoms with Crippen LogP contribution in [0.3, 0.4) is 0 Å². The molecule has 0 amide bonds. The minimum atomic E-state index is -0.605. The van der Waals surface area contributed by atoms with Gasteiger partial charge in [0.2, 0.25) is 5.95 Å². The van der Waals surface area contributed by atoms with Gasteiger partial charge in [0.05, 0.1) is 28.9 Å². The van der Waals surface area contributed by atoms with E-state index >= 15 is 0 Å². The van der Waals surface area contributed by atoms with Gasteiger partial charge >= 0.3 is 0 Å². The normalized spacial score (nSPS) is 19.3. The Bertz CT molecular complexity index is 1120. The van der Waals surface area contributed by atoms with Gasteiger partial charge in [-0.3, -0.25) is 15.5 Å². The summed E-state index contributed by atoms with van der Waals surface area (Å²) in [7, 11) is 0. The standard InChI is InChI=1S/C21H25ClFN7O2/c1-12-11-32-13(2)10-29(12)8-7-26-21-27-18-15(5-6-25-20(18)28-21)19(24)30(31)14-3-4-17(23)16(22)9-14/h3-6,9,12-13,24,31H,7-8,10-11H2,1-2H3,(H2,25,26,27,28). The maximum atomic E-state index is 13.4. The Balaban J connectivity index is 1.48. The average Bonchev–Trinajstić information content (AvgIpc) is 3.20. The van der Waals surface area contributed by atoms with E-state index in [1.807, 2.05) is 0 Å². The summed E-state index contributed by atoms with van der Waals surface area (Å²) in [5.41, 5.74) is 1.46. The van der Waals surface area contributed by atoms with Crippen LogP contribution in [0.5, 0.6) is 0 Å². The number of hydrogen-bond donors (Lipinski definition) is 4. The number of halogens is 2. The number of ether oxygens (including phenoxy) is 1. The molecule has 1 aromatic carbocycles. The lowest BCUT2D eigenvalue weighted by molar-refractivity contribution is -0.0476. The number of nitrogens with zero attached hydrogens (tertiary/aromatic N) is 4. The Morgan fingerprint density at radius 2 is 2.25 bits per heavy atom. The lowest BCUT2D eigenvalue weighted by Gasteiger charge is -2.36. The van der Waals surface area contributed by atoms with Gasteiger partial charge in [0.1, 0.15) is 5.82 Å². The number of morpholine rings is 1. The van der Waals surface area contributed by atoms with Crippen LogP contribution >= 0.6 is 11.6 Å². The largest absolute Gasteiger partial charge is 0.376 e. The van der Waals surface area contributed by atoms with Gasteiger partial charge in [-0.2, -0.15) is 4.98 Å². The number of hydrogen-bond acceptors (Lipinski definition) is 7. The average molecular weight is 462 g/mol. The predicted molar refractivity (Wildman–Crippen MR) is 121 cm³/mol. The number of pyridine rings is 1. The first-order valence-corrected chi connectivity index (χ1v) is 10.7. The molecule has 32 heavy (non-hydrogen) atoms. The highest BCUT2D eigenvalue weighted by molar-refractivity contribution is 6.31. The Morgan fingerprint density at radius 1 is 1.44 bits per heavy atom. The van der Waals surface area contributed by atoms with Crippen molar-refractivity contribution in [2.75, 3.05) is 36.6 Å². The molecule has 2 atom stereocenters. The molecule has 1 fully saturated rings. The van der Waals surface area contributed by atoms with Gasteiger partial charge in [-0.1, -0.05) is 11.6 Å². The molecule has 0 radical (unpaired) electrons. The number of rotatable bonds is 6. The molecule has 0 saturated carbocycles. The molecule has 170 valence electrons. The van der Waals surface area contributed by atoms with Crippen LogP contribution in [0.4, 0.5) is 16.0 Å². The van der Waals surface area contributed by atoms with Crippen LogP contribution in [0, 0.1) is 11.2 Å². The first-order valence-electron chi connectivity index (χ1n) is 10.3. The van der Waals surface area contributed by atoms with Crippen LogP contribution in [0.2, 0.25) is 5.02 Å². The highest BCUT2D eigenvalue weighted by atomic mass is 35.5. The lowest BCUT2D eigenvalue weighted by atomic mass is 10.2. The summed E-state index contributed by atoms with van der Waals surface area (Å²) in [4.78, 5) is 14.2. The number of imidazole rings is 1. The van der Waals surface area contributed by atoms with E-state index in [0.29, 0.717) is 40.3 Å². The maximum absolute atomic E-state index is 13.4. The Kier molecular flexibility index (Phi) is 6.56. The Labute approximate surface area is 189 Å². The molecule has 4 rings (SSSR count). The molecule has 0 spiro atoms. The smallest absolute Gasteiger partial charge is 0.202 e. The molecule has 1 aliphatic rings. The minimum Gasteiger partial charge on any atom is -0.376 e. The quantitative estimate of drug-likeness (QED) is 0.252. The van der Waals surface area contributed by atoms with Gasteiger partial charge in [-0.05, 0) is 38.1 Å². The second-order valence-electron chi connectivity index (χ2n) is 7.82. The van der Waals surface area contributed by atoms with Crippen LogP contribution in [0.1, 0.15) is 19.4 Å². The Hall–Kier alpha value is -2.79. The van der Waals surface area contributed by atoms with E-state index in [4.69, 9.17) is 21.7 Å². The molecule has 1 aliphatic heterocycles. The van der Waals surface area contributed by atoms with Gasteiger partial charge < -0.3 is 15.0 Å². The molecular weight excluding hydrogens is 437 g/mol. The number of fused-ring (bicyclic) bond motifs is 1. The molecule has 3 aromatic rings. The van der Waals surface area contributed by atoms with Gasteiger partial charge in [-0.15, -0.1) is 0 Å². The molecule has 9 nitrogen and oxygen atoms in total. The summed E-state index contributed by atoms with van der Waals surface area (Å²) in [6, 6.07) is 5.66. The van der Waals surface area contributed by atoms with Crippen LogP contribution in [0.25, 0.3) is 11.2 Å². The van der Waals surface area contributed by atoms with Crippen molar-refractivity contribution >= 4 is 40.2 Å². The zero-order valence-corrected chi connectivity index (χ0v) is 18.5. The summed E-state index contributed by atoms with van der Waals surface area (Å²) >= 11 is 5.80. The molecular formula is C21H25ClFN7O2. The predicted octanol–water partition coefficient (Wildman–Crippen LogP) is 3.49. The van der Waals surface area contributed by atoms with E-state index in [1.165, 1.54) is 18.3 Å². The first-order chi connectivity index (χ1) is 15.3. The molecule has 4 N–H and O–H groups in total. The third kappa shape index (κ3) is 4.68. The molecule has 3 heterocycles. The molecule has 0 aliphatic carbocycles. The third-order valence-corrected chi connectivity index (χ3v) is 5.72. The monoisotopic (exact) mass is 461 g/mol. The number of aromatic amines is 1. The lowest BCUT2D eigenvalue weighted by Crippen LogP contribution is -2.48. The zero-order valence-electron chi connectivity index (χ0n) is 17.8. The van der Waals surface area contributed by atoms with E-state index in [0.717, 1.165) is 25.8 Å². The van der Waals surface area contributed by atoms with Crippen LogP contribution in [-0.4, -0.2) is 69.3 Å². The molecule has 1 saturated heterocycles. The van der Waals surface area contributed by atoms with Crippen molar-refractivity contribution in [3.63, 3.8) is 0 Å².